The highest BCUT2D eigenvalue weighted by molar-refractivity contribution is 5.67. The molecule has 1 saturated heterocycles. The molecule has 4 nitrogen and oxygen atoms in total. The summed E-state index contributed by atoms with van der Waals surface area (Å²) >= 11 is 0. The molecule has 2 atom stereocenters. The van der Waals surface area contributed by atoms with Crippen LogP contribution in [0.5, 0.6) is 0 Å². The van der Waals surface area contributed by atoms with E-state index < -0.39 is 5.97 Å². The van der Waals surface area contributed by atoms with Gasteiger partial charge in [-0.3, -0.25) is 14.6 Å². The summed E-state index contributed by atoms with van der Waals surface area (Å²) in [5.41, 5.74) is 2.52. The number of benzene rings is 2. The largest absolute Gasteiger partial charge is 0.481 e. The van der Waals surface area contributed by atoms with Crippen molar-refractivity contribution in [3.8, 4) is 0 Å². The molecule has 2 aromatic carbocycles. The van der Waals surface area contributed by atoms with Crippen molar-refractivity contribution < 1.29 is 9.90 Å². The van der Waals surface area contributed by atoms with E-state index >= 15 is 0 Å². The van der Waals surface area contributed by atoms with E-state index in [-0.39, 0.29) is 12.5 Å². The molecule has 0 bridgehead atoms. The molecule has 0 radical (unpaired) electrons. The van der Waals surface area contributed by atoms with Gasteiger partial charge in [0, 0.05) is 38.3 Å². The average molecular weight is 338 g/mol. The zero-order valence-electron chi connectivity index (χ0n) is 14.7. The smallest absolute Gasteiger partial charge is 0.304 e. The van der Waals surface area contributed by atoms with Crippen molar-refractivity contribution in [3.63, 3.8) is 0 Å². The number of aliphatic carboxylic acids is 1. The molecule has 25 heavy (non-hydrogen) atoms. The van der Waals surface area contributed by atoms with Crippen molar-refractivity contribution >= 4 is 5.97 Å². The van der Waals surface area contributed by atoms with E-state index in [0.29, 0.717) is 6.04 Å². The minimum atomic E-state index is -0.725. The molecule has 1 N–H and O–H groups in total. The van der Waals surface area contributed by atoms with Crippen LogP contribution in [0.1, 0.15) is 24.5 Å². The Morgan fingerprint density at radius 3 is 2.08 bits per heavy atom. The number of nitrogens with zero attached hydrogens (tertiary/aromatic N) is 2. The van der Waals surface area contributed by atoms with E-state index in [1.165, 1.54) is 11.1 Å². The quantitative estimate of drug-likeness (QED) is 0.878. The summed E-state index contributed by atoms with van der Waals surface area (Å²) in [6.07, 6.45) is 0.183. The van der Waals surface area contributed by atoms with Crippen molar-refractivity contribution in [1.29, 1.82) is 0 Å². The number of carboxylic acids is 1. The molecular formula is C21H26N2O2. The van der Waals surface area contributed by atoms with Gasteiger partial charge in [0.15, 0.2) is 0 Å². The molecule has 1 aliphatic rings. The summed E-state index contributed by atoms with van der Waals surface area (Å²) < 4.78 is 0. The number of piperazine rings is 1. The predicted molar refractivity (Wildman–Crippen MR) is 99.2 cm³/mol. The van der Waals surface area contributed by atoms with Crippen molar-refractivity contribution in [1.82, 2.24) is 9.80 Å². The number of hydrogen-bond donors (Lipinski definition) is 1. The summed E-state index contributed by atoms with van der Waals surface area (Å²) in [7, 11) is 0. The second-order valence-electron chi connectivity index (χ2n) is 6.94. The van der Waals surface area contributed by atoms with Crippen LogP contribution in [0.4, 0.5) is 0 Å². The van der Waals surface area contributed by atoms with Gasteiger partial charge in [0.1, 0.15) is 0 Å². The van der Waals surface area contributed by atoms with Crippen LogP contribution in [0.2, 0.25) is 0 Å². The molecule has 0 saturated carbocycles. The monoisotopic (exact) mass is 338 g/mol. The lowest BCUT2D eigenvalue weighted by Gasteiger charge is -2.45. The van der Waals surface area contributed by atoms with E-state index in [1.54, 1.807) is 0 Å². The van der Waals surface area contributed by atoms with E-state index in [0.717, 1.165) is 26.2 Å². The lowest BCUT2D eigenvalue weighted by molar-refractivity contribution is -0.139. The van der Waals surface area contributed by atoms with Crippen LogP contribution in [-0.4, -0.2) is 46.0 Å². The maximum absolute atomic E-state index is 11.4. The molecule has 0 amide bonds. The third kappa shape index (κ3) is 4.91. The van der Waals surface area contributed by atoms with Crippen LogP contribution in [0.3, 0.4) is 0 Å². The van der Waals surface area contributed by atoms with E-state index in [4.69, 9.17) is 0 Å². The number of rotatable bonds is 6. The fourth-order valence-electron chi connectivity index (χ4n) is 3.75. The van der Waals surface area contributed by atoms with Gasteiger partial charge in [-0.05, 0) is 18.1 Å². The minimum absolute atomic E-state index is 0.0326. The summed E-state index contributed by atoms with van der Waals surface area (Å²) in [5.74, 6) is -0.725. The summed E-state index contributed by atoms with van der Waals surface area (Å²) in [6, 6.07) is 21.1. The molecule has 0 unspecified atom stereocenters. The first kappa shape index (κ1) is 17.6. The fraction of sp³-hybridized carbons (Fsp3) is 0.381. The van der Waals surface area contributed by atoms with Gasteiger partial charge < -0.3 is 5.11 Å². The second kappa shape index (κ2) is 8.28. The van der Waals surface area contributed by atoms with Crippen molar-refractivity contribution in [2.24, 2.45) is 0 Å². The van der Waals surface area contributed by atoms with E-state index in [1.807, 2.05) is 24.3 Å². The van der Waals surface area contributed by atoms with Gasteiger partial charge in [0.2, 0.25) is 0 Å². The molecule has 1 aliphatic heterocycles. The van der Waals surface area contributed by atoms with E-state index in [2.05, 4.69) is 53.1 Å². The van der Waals surface area contributed by atoms with Crippen molar-refractivity contribution in [3.05, 3.63) is 71.8 Å². The lowest BCUT2D eigenvalue weighted by atomic mass is 10.0. The standard InChI is InChI=1S/C21H26N2O2/c1-17-13-22(14-18-8-4-2-5-9-18)16-20(12-21(24)25)23(17)15-19-10-6-3-7-11-19/h2-11,17,20H,12-16H2,1H3,(H,24,25)/t17-,20+/m0/s1. The van der Waals surface area contributed by atoms with Gasteiger partial charge in [-0.15, -0.1) is 0 Å². The summed E-state index contributed by atoms with van der Waals surface area (Å²) in [6.45, 7) is 5.63. The first-order chi connectivity index (χ1) is 12.1. The molecule has 1 heterocycles. The fourth-order valence-corrected chi connectivity index (χ4v) is 3.75. The van der Waals surface area contributed by atoms with Gasteiger partial charge in [-0.2, -0.15) is 0 Å². The minimum Gasteiger partial charge on any atom is -0.481 e. The SMILES string of the molecule is C[C@H]1CN(Cc2ccccc2)C[C@@H](CC(=O)O)N1Cc1ccccc1. The Labute approximate surface area is 149 Å². The third-order valence-electron chi connectivity index (χ3n) is 4.89. The lowest BCUT2D eigenvalue weighted by Crippen LogP contribution is -2.57. The van der Waals surface area contributed by atoms with Gasteiger partial charge in [0.05, 0.1) is 6.42 Å². The molecule has 0 aliphatic carbocycles. The molecule has 2 aromatic rings. The normalized spacial score (nSPS) is 22.0. The van der Waals surface area contributed by atoms with Crippen LogP contribution in [0.25, 0.3) is 0 Å². The Bertz CT molecular complexity index is 675. The molecule has 0 aromatic heterocycles. The molecular weight excluding hydrogens is 312 g/mol. The Morgan fingerprint density at radius 1 is 0.960 bits per heavy atom. The average Bonchev–Trinajstić information content (AvgIpc) is 2.59. The van der Waals surface area contributed by atoms with E-state index in [9.17, 15) is 9.90 Å². The van der Waals surface area contributed by atoms with Gasteiger partial charge in [0.25, 0.3) is 0 Å². The summed E-state index contributed by atoms with van der Waals surface area (Å²) in [4.78, 5) is 16.1. The molecule has 3 rings (SSSR count). The van der Waals surface area contributed by atoms with Gasteiger partial charge >= 0.3 is 5.97 Å². The Morgan fingerprint density at radius 2 is 1.52 bits per heavy atom. The Balaban J connectivity index is 1.72. The molecule has 132 valence electrons. The zero-order chi connectivity index (χ0) is 17.6. The zero-order valence-corrected chi connectivity index (χ0v) is 14.7. The van der Waals surface area contributed by atoms with Crippen LogP contribution >= 0.6 is 0 Å². The highest BCUT2D eigenvalue weighted by Gasteiger charge is 2.33. The van der Waals surface area contributed by atoms with Crippen LogP contribution in [0, 0.1) is 0 Å². The third-order valence-corrected chi connectivity index (χ3v) is 4.89. The van der Waals surface area contributed by atoms with Gasteiger partial charge in [-0.1, -0.05) is 60.7 Å². The molecule has 1 fully saturated rings. The van der Waals surface area contributed by atoms with Crippen LogP contribution in [0.15, 0.2) is 60.7 Å². The van der Waals surface area contributed by atoms with Crippen LogP contribution in [-0.2, 0) is 17.9 Å². The maximum atomic E-state index is 11.4. The summed E-state index contributed by atoms with van der Waals surface area (Å²) in [5, 5.41) is 9.37. The van der Waals surface area contributed by atoms with Crippen molar-refractivity contribution in [2.75, 3.05) is 13.1 Å². The first-order valence-corrected chi connectivity index (χ1v) is 8.89. The second-order valence-corrected chi connectivity index (χ2v) is 6.94. The maximum Gasteiger partial charge on any atom is 0.304 e. The highest BCUT2D eigenvalue weighted by atomic mass is 16.4. The Hall–Kier alpha value is -2.17. The highest BCUT2D eigenvalue weighted by Crippen LogP contribution is 2.22. The molecule has 4 heteroatoms. The number of carboxylic acid groups (broad SMARTS) is 1. The number of carbonyl (C=O) groups is 1. The van der Waals surface area contributed by atoms with Gasteiger partial charge in [-0.25, -0.2) is 0 Å². The topological polar surface area (TPSA) is 43.8 Å². The first-order valence-electron chi connectivity index (χ1n) is 8.89. The molecule has 0 spiro atoms. The number of hydrogen-bond acceptors (Lipinski definition) is 3. The van der Waals surface area contributed by atoms with Crippen LogP contribution < -0.4 is 0 Å². The Kier molecular flexibility index (Phi) is 5.84. The van der Waals surface area contributed by atoms with Crippen molar-refractivity contribution in [2.45, 2.75) is 38.5 Å². The predicted octanol–water partition coefficient (Wildman–Crippen LogP) is 3.24.